The Morgan fingerprint density at radius 2 is 1.92 bits per heavy atom. The topological polar surface area (TPSA) is 38.3 Å². The van der Waals surface area contributed by atoms with E-state index in [1.807, 2.05) is 6.07 Å². The Morgan fingerprint density at radius 3 is 2.65 bits per heavy atom. The third kappa shape index (κ3) is 4.59. The van der Waals surface area contributed by atoms with Crippen LogP contribution in [-0.2, 0) is 17.6 Å². The fraction of sp³-hybridized carbons (Fsp3) is 0.409. The third-order valence-electron chi connectivity index (χ3n) is 4.98. The molecule has 138 valence electrons. The SMILES string of the molecule is CC[C@@H](NC(=O)[C@H](C)Oc1cccc(Cl)c1)c1ccc2c(c1)CCCC2. The molecule has 3 rings (SSSR count). The molecule has 0 heterocycles. The second-order valence-corrected chi connectivity index (χ2v) is 7.36. The highest BCUT2D eigenvalue weighted by atomic mass is 35.5. The molecule has 2 aromatic carbocycles. The van der Waals surface area contributed by atoms with Gasteiger partial charge in [-0.05, 0) is 73.9 Å². The van der Waals surface area contributed by atoms with E-state index >= 15 is 0 Å². The van der Waals surface area contributed by atoms with Crippen molar-refractivity contribution in [2.24, 2.45) is 0 Å². The molecule has 4 heteroatoms. The van der Waals surface area contributed by atoms with E-state index in [0.29, 0.717) is 10.8 Å². The highest BCUT2D eigenvalue weighted by Crippen LogP contribution is 2.26. The minimum atomic E-state index is -0.583. The molecule has 0 bridgehead atoms. The monoisotopic (exact) mass is 371 g/mol. The third-order valence-corrected chi connectivity index (χ3v) is 5.21. The molecule has 0 saturated carbocycles. The predicted molar refractivity (Wildman–Crippen MR) is 106 cm³/mol. The number of benzene rings is 2. The Labute approximate surface area is 160 Å². The summed E-state index contributed by atoms with van der Waals surface area (Å²) in [6.45, 7) is 3.85. The van der Waals surface area contributed by atoms with E-state index in [9.17, 15) is 4.79 Å². The first-order chi connectivity index (χ1) is 12.6. The van der Waals surface area contributed by atoms with Crippen LogP contribution in [0.2, 0.25) is 5.02 Å². The lowest BCUT2D eigenvalue weighted by Gasteiger charge is -2.23. The lowest BCUT2D eigenvalue weighted by Crippen LogP contribution is -2.38. The molecular formula is C22H26ClNO2. The van der Waals surface area contributed by atoms with Crippen LogP contribution in [0.3, 0.4) is 0 Å². The number of nitrogens with one attached hydrogen (secondary N) is 1. The number of carbonyl (C=O) groups is 1. The van der Waals surface area contributed by atoms with Crippen LogP contribution < -0.4 is 10.1 Å². The summed E-state index contributed by atoms with van der Waals surface area (Å²) < 4.78 is 5.73. The van der Waals surface area contributed by atoms with Gasteiger partial charge in [-0.1, -0.05) is 42.8 Å². The molecule has 0 radical (unpaired) electrons. The molecule has 0 spiro atoms. The van der Waals surface area contributed by atoms with Crippen molar-refractivity contribution in [3.8, 4) is 5.75 Å². The largest absolute Gasteiger partial charge is 0.481 e. The van der Waals surface area contributed by atoms with Crippen LogP contribution >= 0.6 is 11.6 Å². The molecule has 2 aromatic rings. The number of fused-ring (bicyclic) bond motifs is 1. The lowest BCUT2D eigenvalue weighted by atomic mass is 9.89. The van der Waals surface area contributed by atoms with Gasteiger partial charge in [0.2, 0.25) is 0 Å². The molecule has 2 atom stereocenters. The van der Waals surface area contributed by atoms with Crippen molar-refractivity contribution in [3.63, 3.8) is 0 Å². The Kier molecular flexibility index (Phi) is 6.20. The Balaban J connectivity index is 1.66. The van der Waals surface area contributed by atoms with Crippen molar-refractivity contribution < 1.29 is 9.53 Å². The first-order valence-corrected chi connectivity index (χ1v) is 9.79. The zero-order valence-electron chi connectivity index (χ0n) is 15.4. The van der Waals surface area contributed by atoms with Crippen LogP contribution in [0.1, 0.15) is 55.8 Å². The molecular weight excluding hydrogens is 346 g/mol. The molecule has 0 aliphatic heterocycles. The Bertz CT molecular complexity index is 774. The maximum atomic E-state index is 12.6. The van der Waals surface area contributed by atoms with Gasteiger partial charge in [0.25, 0.3) is 5.91 Å². The summed E-state index contributed by atoms with van der Waals surface area (Å²) in [5.74, 6) is 0.483. The van der Waals surface area contributed by atoms with Crippen molar-refractivity contribution in [2.45, 2.75) is 58.1 Å². The van der Waals surface area contributed by atoms with Crippen LogP contribution in [0.15, 0.2) is 42.5 Å². The fourth-order valence-electron chi connectivity index (χ4n) is 3.48. The van der Waals surface area contributed by atoms with Gasteiger partial charge in [0.15, 0.2) is 6.10 Å². The quantitative estimate of drug-likeness (QED) is 0.752. The molecule has 1 aliphatic carbocycles. The summed E-state index contributed by atoms with van der Waals surface area (Å²) in [4.78, 5) is 12.6. The van der Waals surface area contributed by atoms with Crippen molar-refractivity contribution >= 4 is 17.5 Å². The Hall–Kier alpha value is -2.00. The molecule has 1 N–H and O–H groups in total. The van der Waals surface area contributed by atoms with Gasteiger partial charge in [-0.2, -0.15) is 0 Å². The molecule has 0 unspecified atom stereocenters. The van der Waals surface area contributed by atoms with Crippen molar-refractivity contribution in [1.82, 2.24) is 5.32 Å². The number of ether oxygens (including phenoxy) is 1. The van der Waals surface area contributed by atoms with Gasteiger partial charge >= 0.3 is 0 Å². The van der Waals surface area contributed by atoms with Crippen molar-refractivity contribution in [2.75, 3.05) is 0 Å². The number of hydrogen-bond acceptors (Lipinski definition) is 2. The standard InChI is InChI=1S/C22H26ClNO2/c1-3-21(18-12-11-16-7-4-5-8-17(16)13-18)24-22(25)15(2)26-20-10-6-9-19(23)14-20/h6,9-15,21H,3-5,7-8H2,1-2H3,(H,24,25)/t15-,21+/m0/s1. The van der Waals surface area contributed by atoms with E-state index in [1.54, 1.807) is 25.1 Å². The average Bonchev–Trinajstić information content (AvgIpc) is 2.65. The Morgan fingerprint density at radius 1 is 1.15 bits per heavy atom. The number of rotatable bonds is 6. The minimum absolute atomic E-state index is 0.000128. The molecule has 0 saturated heterocycles. The number of aryl methyl sites for hydroxylation is 2. The maximum Gasteiger partial charge on any atom is 0.261 e. The highest BCUT2D eigenvalue weighted by Gasteiger charge is 2.20. The smallest absolute Gasteiger partial charge is 0.261 e. The van der Waals surface area contributed by atoms with Crippen LogP contribution in [0.5, 0.6) is 5.75 Å². The van der Waals surface area contributed by atoms with Crippen LogP contribution in [0.25, 0.3) is 0 Å². The van der Waals surface area contributed by atoms with E-state index in [0.717, 1.165) is 12.8 Å². The summed E-state index contributed by atoms with van der Waals surface area (Å²) in [6.07, 6.45) is 5.10. The van der Waals surface area contributed by atoms with Gasteiger partial charge in [-0.15, -0.1) is 0 Å². The van der Waals surface area contributed by atoms with Crippen LogP contribution in [-0.4, -0.2) is 12.0 Å². The van der Waals surface area contributed by atoms with E-state index in [2.05, 4.69) is 30.4 Å². The average molecular weight is 372 g/mol. The van der Waals surface area contributed by atoms with E-state index < -0.39 is 6.10 Å². The minimum Gasteiger partial charge on any atom is -0.481 e. The number of hydrogen-bond donors (Lipinski definition) is 1. The molecule has 1 amide bonds. The van der Waals surface area contributed by atoms with Crippen LogP contribution in [0, 0.1) is 0 Å². The summed E-state index contributed by atoms with van der Waals surface area (Å²) in [6, 6.07) is 13.8. The molecule has 1 aliphatic rings. The lowest BCUT2D eigenvalue weighted by molar-refractivity contribution is -0.128. The van der Waals surface area contributed by atoms with Gasteiger partial charge in [0.1, 0.15) is 5.75 Å². The summed E-state index contributed by atoms with van der Waals surface area (Å²) in [5.41, 5.74) is 4.07. The first kappa shape index (κ1) is 18.8. The van der Waals surface area contributed by atoms with Gasteiger partial charge in [0, 0.05) is 5.02 Å². The molecule has 0 aromatic heterocycles. The molecule has 0 fully saturated rings. The highest BCUT2D eigenvalue weighted by molar-refractivity contribution is 6.30. The molecule has 3 nitrogen and oxygen atoms in total. The normalized spacial score (nSPS) is 15.7. The summed E-state index contributed by atoms with van der Waals surface area (Å²) in [7, 11) is 0. The zero-order chi connectivity index (χ0) is 18.5. The van der Waals surface area contributed by atoms with Gasteiger partial charge < -0.3 is 10.1 Å². The van der Waals surface area contributed by atoms with Gasteiger partial charge in [-0.3, -0.25) is 4.79 Å². The van der Waals surface area contributed by atoms with Crippen molar-refractivity contribution in [3.05, 3.63) is 64.2 Å². The fourth-order valence-corrected chi connectivity index (χ4v) is 3.66. The summed E-state index contributed by atoms with van der Waals surface area (Å²) in [5, 5.41) is 3.72. The number of carbonyl (C=O) groups excluding carboxylic acids is 1. The predicted octanol–water partition coefficient (Wildman–Crippen LogP) is 5.25. The molecule has 26 heavy (non-hydrogen) atoms. The van der Waals surface area contributed by atoms with E-state index in [4.69, 9.17) is 16.3 Å². The van der Waals surface area contributed by atoms with Gasteiger partial charge in [0.05, 0.1) is 6.04 Å². The van der Waals surface area contributed by atoms with Gasteiger partial charge in [-0.25, -0.2) is 0 Å². The first-order valence-electron chi connectivity index (χ1n) is 9.41. The number of halogens is 1. The van der Waals surface area contributed by atoms with E-state index in [1.165, 1.54) is 36.0 Å². The summed E-state index contributed by atoms with van der Waals surface area (Å²) >= 11 is 5.97. The maximum absolute atomic E-state index is 12.6. The van der Waals surface area contributed by atoms with E-state index in [-0.39, 0.29) is 11.9 Å². The second kappa shape index (κ2) is 8.59. The van der Waals surface area contributed by atoms with Crippen LogP contribution in [0.4, 0.5) is 0 Å². The van der Waals surface area contributed by atoms with Crippen molar-refractivity contribution in [1.29, 1.82) is 0 Å². The zero-order valence-corrected chi connectivity index (χ0v) is 16.2. The second-order valence-electron chi connectivity index (χ2n) is 6.92. The number of amides is 1.